The van der Waals surface area contributed by atoms with Gasteiger partial charge in [0.05, 0.1) is 10.5 Å². The highest BCUT2D eigenvalue weighted by molar-refractivity contribution is 8.18. The molecule has 1 aromatic rings. The van der Waals surface area contributed by atoms with Crippen LogP contribution in [-0.2, 0) is 4.79 Å². The second-order valence-electron chi connectivity index (χ2n) is 3.91. The Morgan fingerprint density at radius 2 is 2.00 bits per heavy atom. The van der Waals surface area contributed by atoms with Gasteiger partial charge in [0.25, 0.3) is 5.91 Å². The Balaban J connectivity index is 2.27. The number of hydrogen-bond acceptors (Lipinski definition) is 4. The van der Waals surface area contributed by atoms with Crippen LogP contribution in [0.2, 0.25) is 0 Å². The minimum absolute atomic E-state index is 0.104. The maximum absolute atomic E-state index is 11.9. The molecule has 0 spiro atoms. The third-order valence-electron chi connectivity index (χ3n) is 2.65. The molecule has 0 bridgehead atoms. The van der Waals surface area contributed by atoms with Crippen molar-refractivity contribution in [3.63, 3.8) is 0 Å². The fourth-order valence-electron chi connectivity index (χ4n) is 1.62. The molecule has 98 valence electrons. The Labute approximate surface area is 114 Å². The number of nitrogens with zero attached hydrogens (tertiary/aromatic N) is 2. The molecule has 1 heterocycles. The van der Waals surface area contributed by atoms with Crippen molar-refractivity contribution in [2.75, 3.05) is 14.1 Å². The summed E-state index contributed by atoms with van der Waals surface area (Å²) < 4.78 is 0. The molecule has 0 aliphatic carbocycles. The zero-order valence-electron chi connectivity index (χ0n) is 10.5. The van der Waals surface area contributed by atoms with Gasteiger partial charge in [-0.2, -0.15) is 0 Å². The molecule has 1 aliphatic heterocycles. The van der Waals surface area contributed by atoms with Gasteiger partial charge >= 0.3 is 5.97 Å². The van der Waals surface area contributed by atoms with E-state index in [4.69, 9.17) is 5.11 Å². The van der Waals surface area contributed by atoms with E-state index in [0.717, 1.165) is 5.56 Å². The average molecular weight is 276 g/mol. The second-order valence-corrected chi connectivity index (χ2v) is 4.92. The molecule has 5 nitrogen and oxygen atoms in total. The van der Waals surface area contributed by atoms with Crippen molar-refractivity contribution in [1.29, 1.82) is 0 Å². The number of hydrogen-bond donors (Lipinski definition) is 1. The van der Waals surface area contributed by atoms with Gasteiger partial charge in [0, 0.05) is 14.1 Å². The molecule has 1 N–H and O–H groups in total. The molecule has 2 rings (SSSR count). The number of benzene rings is 1. The highest BCUT2D eigenvalue weighted by atomic mass is 32.2. The number of likely N-dealkylation sites (N-methyl/N-ethyl adjacent to an activating group) is 1. The second kappa shape index (κ2) is 5.27. The fraction of sp³-hybridized carbons (Fsp3) is 0.154. The Bertz CT molecular complexity index is 590. The van der Waals surface area contributed by atoms with Gasteiger partial charge in [-0.25, -0.2) is 4.79 Å². The lowest BCUT2D eigenvalue weighted by molar-refractivity contribution is -0.121. The van der Waals surface area contributed by atoms with E-state index >= 15 is 0 Å². The van der Waals surface area contributed by atoms with Crippen LogP contribution < -0.4 is 0 Å². The van der Waals surface area contributed by atoms with Crippen LogP contribution in [0, 0.1) is 0 Å². The van der Waals surface area contributed by atoms with Crippen LogP contribution in [0.3, 0.4) is 0 Å². The zero-order chi connectivity index (χ0) is 14.0. The van der Waals surface area contributed by atoms with E-state index < -0.39 is 5.97 Å². The lowest BCUT2D eigenvalue weighted by Crippen LogP contribution is -2.23. The van der Waals surface area contributed by atoms with E-state index in [1.165, 1.54) is 28.8 Å². The largest absolute Gasteiger partial charge is 0.478 e. The molecule has 0 aromatic heterocycles. The number of aromatic carboxylic acids is 1. The molecule has 19 heavy (non-hydrogen) atoms. The first-order valence-corrected chi connectivity index (χ1v) is 6.32. The van der Waals surface area contributed by atoms with Crippen molar-refractivity contribution < 1.29 is 14.7 Å². The molecule has 0 saturated carbocycles. The lowest BCUT2D eigenvalue weighted by Gasteiger charge is -2.05. The minimum atomic E-state index is -0.967. The molecule has 1 saturated heterocycles. The number of carbonyl (C=O) groups is 2. The van der Waals surface area contributed by atoms with Crippen LogP contribution in [0.4, 0.5) is 0 Å². The third kappa shape index (κ3) is 2.68. The molecule has 0 radical (unpaired) electrons. The van der Waals surface area contributed by atoms with Gasteiger partial charge in [0.15, 0.2) is 5.17 Å². The first-order valence-electron chi connectivity index (χ1n) is 5.50. The van der Waals surface area contributed by atoms with Crippen molar-refractivity contribution in [2.24, 2.45) is 4.99 Å². The van der Waals surface area contributed by atoms with Gasteiger partial charge in [0.2, 0.25) is 0 Å². The number of aliphatic imine (C=N–C) groups is 1. The van der Waals surface area contributed by atoms with Gasteiger partial charge in [-0.15, -0.1) is 0 Å². The van der Waals surface area contributed by atoms with Crippen LogP contribution >= 0.6 is 11.8 Å². The monoisotopic (exact) mass is 276 g/mol. The molecular weight excluding hydrogens is 264 g/mol. The molecule has 1 fully saturated rings. The van der Waals surface area contributed by atoms with Crippen molar-refractivity contribution >= 4 is 34.9 Å². The molecule has 1 aromatic carbocycles. The minimum Gasteiger partial charge on any atom is -0.478 e. The summed E-state index contributed by atoms with van der Waals surface area (Å²) >= 11 is 1.30. The topological polar surface area (TPSA) is 70.0 Å². The third-order valence-corrected chi connectivity index (χ3v) is 3.80. The number of carboxylic acids is 1. The van der Waals surface area contributed by atoms with Crippen LogP contribution in [0.1, 0.15) is 15.9 Å². The predicted molar refractivity (Wildman–Crippen MR) is 75.1 cm³/mol. The van der Waals surface area contributed by atoms with Crippen molar-refractivity contribution in [1.82, 2.24) is 4.90 Å². The number of amidine groups is 1. The van der Waals surface area contributed by atoms with Crippen LogP contribution in [0.5, 0.6) is 0 Å². The van der Waals surface area contributed by atoms with Gasteiger partial charge in [-0.05, 0) is 35.5 Å². The summed E-state index contributed by atoms with van der Waals surface area (Å²) in [4.78, 5) is 28.7. The fourth-order valence-corrected chi connectivity index (χ4v) is 2.55. The van der Waals surface area contributed by atoms with Crippen LogP contribution in [-0.4, -0.2) is 41.1 Å². The van der Waals surface area contributed by atoms with Gasteiger partial charge in [-0.3, -0.25) is 14.7 Å². The Kier molecular flexibility index (Phi) is 3.71. The molecule has 6 heteroatoms. The lowest BCUT2D eigenvalue weighted by atomic mass is 10.1. The van der Waals surface area contributed by atoms with Crippen LogP contribution in [0.25, 0.3) is 6.08 Å². The van der Waals surface area contributed by atoms with E-state index in [-0.39, 0.29) is 11.5 Å². The summed E-state index contributed by atoms with van der Waals surface area (Å²) in [6, 6.07) is 6.37. The number of thioether (sulfide) groups is 1. The smallest absolute Gasteiger partial charge is 0.335 e. The highest BCUT2D eigenvalue weighted by Gasteiger charge is 2.29. The summed E-state index contributed by atoms with van der Waals surface area (Å²) in [6.07, 6.45) is 1.73. The molecule has 0 atom stereocenters. The van der Waals surface area contributed by atoms with Gasteiger partial charge in [-0.1, -0.05) is 12.1 Å². The first-order chi connectivity index (χ1) is 9.02. The number of rotatable bonds is 2. The maximum Gasteiger partial charge on any atom is 0.335 e. The van der Waals surface area contributed by atoms with Crippen molar-refractivity contribution in [2.45, 2.75) is 0 Å². The Morgan fingerprint density at radius 1 is 1.37 bits per heavy atom. The van der Waals surface area contributed by atoms with E-state index in [2.05, 4.69) is 4.99 Å². The maximum atomic E-state index is 11.9. The Hall–Kier alpha value is -2.08. The van der Waals surface area contributed by atoms with Crippen molar-refractivity contribution in [3.8, 4) is 0 Å². The zero-order valence-corrected chi connectivity index (χ0v) is 11.3. The summed E-state index contributed by atoms with van der Waals surface area (Å²) in [6.45, 7) is 0. The van der Waals surface area contributed by atoms with E-state index in [1.807, 2.05) is 0 Å². The Morgan fingerprint density at radius 3 is 2.47 bits per heavy atom. The molecule has 1 amide bonds. The average Bonchev–Trinajstić information content (AvgIpc) is 2.67. The van der Waals surface area contributed by atoms with Gasteiger partial charge in [0.1, 0.15) is 0 Å². The van der Waals surface area contributed by atoms with Crippen LogP contribution in [0.15, 0.2) is 34.2 Å². The van der Waals surface area contributed by atoms with Gasteiger partial charge < -0.3 is 5.11 Å². The van der Waals surface area contributed by atoms with E-state index in [0.29, 0.717) is 10.1 Å². The summed E-state index contributed by atoms with van der Waals surface area (Å²) in [5, 5.41) is 9.46. The quantitative estimate of drug-likeness (QED) is 0.838. The summed E-state index contributed by atoms with van der Waals surface area (Å²) in [7, 11) is 3.31. The molecular formula is C13H12N2O3S. The predicted octanol–water partition coefficient (Wildman–Crippen LogP) is 1.92. The standard InChI is InChI=1S/C13H12N2O3S/c1-14-13-15(2)11(16)10(19-13)7-8-3-5-9(6-4-8)12(17)18/h3-7H,1-2H3,(H,17,18). The van der Waals surface area contributed by atoms with Crippen molar-refractivity contribution in [3.05, 3.63) is 40.3 Å². The summed E-state index contributed by atoms with van der Waals surface area (Å²) in [5.41, 5.74) is 1.01. The van der Waals surface area contributed by atoms with E-state index in [9.17, 15) is 9.59 Å². The first kappa shape index (κ1) is 13.4. The normalized spacial score (nSPS) is 19.5. The number of carboxylic acid groups (broad SMARTS) is 1. The number of carbonyl (C=O) groups excluding carboxylic acids is 1. The number of amides is 1. The molecule has 0 unspecified atom stereocenters. The molecule has 1 aliphatic rings. The SMILES string of the molecule is CN=C1SC(=Cc2ccc(C(=O)O)cc2)C(=O)N1C. The highest BCUT2D eigenvalue weighted by Crippen LogP contribution is 2.31. The summed E-state index contributed by atoms with van der Waals surface area (Å²) in [5.74, 6) is -1.07. The van der Waals surface area contributed by atoms with E-state index in [1.54, 1.807) is 32.3 Å².